The summed E-state index contributed by atoms with van der Waals surface area (Å²) in [7, 11) is 0. The van der Waals surface area contributed by atoms with Gasteiger partial charge in [-0.25, -0.2) is 4.98 Å². The molecule has 1 N–H and O–H groups in total. The Morgan fingerprint density at radius 3 is 3.17 bits per heavy atom. The molecule has 124 valence electrons. The first kappa shape index (κ1) is 16.4. The van der Waals surface area contributed by atoms with Crippen molar-refractivity contribution in [3.8, 4) is 0 Å². The molecule has 1 atom stereocenters. The van der Waals surface area contributed by atoms with E-state index in [-0.39, 0.29) is 12.5 Å². The van der Waals surface area contributed by atoms with E-state index in [0.717, 1.165) is 34.9 Å². The smallest absolute Gasteiger partial charge is 0.246 e. The summed E-state index contributed by atoms with van der Waals surface area (Å²) < 4.78 is 6.65. The Hall–Kier alpha value is -1.50. The van der Waals surface area contributed by atoms with Crippen molar-refractivity contribution < 1.29 is 9.53 Å². The van der Waals surface area contributed by atoms with Crippen molar-refractivity contribution in [3.05, 3.63) is 29.3 Å². The van der Waals surface area contributed by atoms with Crippen LogP contribution >= 0.6 is 11.3 Å². The van der Waals surface area contributed by atoms with Crippen molar-refractivity contribution in [3.63, 3.8) is 0 Å². The summed E-state index contributed by atoms with van der Waals surface area (Å²) >= 11 is 1.61. The molecule has 1 aromatic heterocycles. The van der Waals surface area contributed by atoms with E-state index in [1.807, 2.05) is 24.3 Å². The summed E-state index contributed by atoms with van der Waals surface area (Å²) in [5, 5.41) is 3.89. The third kappa shape index (κ3) is 4.28. The number of rotatable bonds is 7. The molecule has 1 fully saturated rings. The zero-order valence-electron chi connectivity index (χ0n) is 13.5. The fourth-order valence-corrected chi connectivity index (χ4v) is 3.94. The lowest BCUT2D eigenvalue weighted by Gasteiger charge is -2.22. The molecule has 0 radical (unpaired) electrons. The minimum absolute atomic E-state index is 0.0472. The van der Waals surface area contributed by atoms with E-state index in [9.17, 15) is 4.79 Å². The van der Waals surface area contributed by atoms with E-state index in [0.29, 0.717) is 12.6 Å². The SMILES string of the molecule is CCN1CCC[C@@H]1CNC(=O)COCc1nc2ccccc2s1. The molecule has 5 nitrogen and oxygen atoms in total. The summed E-state index contributed by atoms with van der Waals surface area (Å²) in [6.07, 6.45) is 2.39. The van der Waals surface area contributed by atoms with Crippen LogP contribution in [0, 0.1) is 0 Å². The quantitative estimate of drug-likeness (QED) is 0.845. The average molecular weight is 333 g/mol. The van der Waals surface area contributed by atoms with Gasteiger partial charge in [0.15, 0.2) is 0 Å². The summed E-state index contributed by atoms with van der Waals surface area (Å²) in [4.78, 5) is 18.8. The number of likely N-dealkylation sites (tertiary alicyclic amines) is 1. The maximum absolute atomic E-state index is 11.9. The topological polar surface area (TPSA) is 54.5 Å². The highest BCUT2D eigenvalue weighted by molar-refractivity contribution is 7.18. The third-order valence-electron chi connectivity index (χ3n) is 4.24. The van der Waals surface area contributed by atoms with Crippen molar-refractivity contribution in [2.75, 3.05) is 26.2 Å². The number of carbonyl (C=O) groups excluding carboxylic acids is 1. The number of ether oxygens (including phenoxy) is 1. The number of carbonyl (C=O) groups is 1. The van der Waals surface area contributed by atoms with E-state index < -0.39 is 0 Å². The van der Waals surface area contributed by atoms with Crippen LogP contribution in [-0.2, 0) is 16.1 Å². The summed E-state index contributed by atoms with van der Waals surface area (Å²) in [6.45, 7) is 5.56. The van der Waals surface area contributed by atoms with E-state index in [4.69, 9.17) is 4.74 Å². The molecule has 1 amide bonds. The fraction of sp³-hybridized carbons (Fsp3) is 0.529. The van der Waals surface area contributed by atoms with Gasteiger partial charge in [-0.1, -0.05) is 19.1 Å². The number of thiazole rings is 1. The molecule has 0 bridgehead atoms. The first-order valence-electron chi connectivity index (χ1n) is 8.19. The number of nitrogens with one attached hydrogen (secondary N) is 1. The van der Waals surface area contributed by atoms with Crippen LogP contribution in [0.4, 0.5) is 0 Å². The van der Waals surface area contributed by atoms with E-state index in [1.54, 1.807) is 11.3 Å². The van der Waals surface area contributed by atoms with Crippen molar-refractivity contribution in [2.24, 2.45) is 0 Å². The van der Waals surface area contributed by atoms with Gasteiger partial charge in [0.05, 0.1) is 16.8 Å². The average Bonchev–Trinajstić information content (AvgIpc) is 3.18. The van der Waals surface area contributed by atoms with Crippen LogP contribution in [0.25, 0.3) is 10.2 Å². The second kappa shape index (κ2) is 7.86. The number of fused-ring (bicyclic) bond motifs is 1. The molecule has 0 aliphatic carbocycles. The van der Waals surface area contributed by atoms with Crippen LogP contribution in [-0.4, -0.2) is 48.1 Å². The maximum atomic E-state index is 11.9. The van der Waals surface area contributed by atoms with Crippen LogP contribution in [0.3, 0.4) is 0 Å². The number of benzene rings is 1. The standard InChI is InChI=1S/C17H23N3O2S/c1-2-20-9-5-6-13(20)10-18-16(21)11-22-12-17-19-14-7-3-4-8-15(14)23-17/h3-4,7-8,13H,2,5-6,9-12H2,1H3,(H,18,21)/t13-/m1/s1. The van der Waals surface area contributed by atoms with Gasteiger partial charge in [0.25, 0.3) is 0 Å². The second-order valence-electron chi connectivity index (χ2n) is 5.80. The lowest BCUT2D eigenvalue weighted by molar-refractivity contribution is -0.126. The van der Waals surface area contributed by atoms with Crippen LogP contribution in [0.15, 0.2) is 24.3 Å². The van der Waals surface area contributed by atoms with Gasteiger partial charge in [0, 0.05) is 12.6 Å². The zero-order valence-corrected chi connectivity index (χ0v) is 14.3. The normalized spacial score (nSPS) is 18.6. The Balaban J connectivity index is 1.39. The molecule has 6 heteroatoms. The molecule has 0 unspecified atom stereocenters. The summed E-state index contributed by atoms with van der Waals surface area (Å²) in [5.74, 6) is -0.0472. The van der Waals surface area contributed by atoms with E-state index >= 15 is 0 Å². The van der Waals surface area contributed by atoms with Gasteiger partial charge in [-0.2, -0.15) is 0 Å². The number of para-hydroxylation sites is 1. The molecular formula is C17H23N3O2S. The molecule has 1 saturated heterocycles. The van der Waals surface area contributed by atoms with Gasteiger partial charge in [-0.3, -0.25) is 9.69 Å². The molecule has 1 aliphatic rings. The largest absolute Gasteiger partial charge is 0.364 e. The lowest BCUT2D eigenvalue weighted by Crippen LogP contribution is -2.41. The Morgan fingerprint density at radius 1 is 1.48 bits per heavy atom. The van der Waals surface area contributed by atoms with Gasteiger partial charge in [-0.15, -0.1) is 11.3 Å². The van der Waals surface area contributed by atoms with Crippen LogP contribution in [0.2, 0.25) is 0 Å². The zero-order chi connectivity index (χ0) is 16.1. The lowest BCUT2D eigenvalue weighted by atomic mass is 10.2. The van der Waals surface area contributed by atoms with Crippen LogP contribution in [0.5, 0.6) is 0 Å². The molecule has 1 aliphatic heterocycles. The van der Waals surface area contributed by atoms with E-state index in [1.165, 1.54) is 12.8 Å². The fourth-order valence-electron chi connectivity index (χ4n) is 3.04. The molecule has 2 heterocycles. The Labute approximate surface area is 140 Å². The van der Waals surface area contributed by atoms with Gasteiger partial charge in [0.1, 0.15) is 11.6 Å². The van der Waals surface area contributed by atoms with Crippen LogP contribution < -0.4 is 5.32 Å². The first-order chi connectivity index (χ1) is 11.3. The number of amides is 1. The highest BCUT2D eigenvalue weighted by atomic mass is 32.1. The maximum Gasteiger partial charge on any atom is 0.246 e. The monoisotopic (exact) mass is 333 g/mol. The molecule has 3 rings (SSSR count). The van der Waals surface area contributed by atoms with Gasteiger partial charge < -0.3 is 10.1 Å². The molecule has 2 aromatic rings. The number of hydrogen-bond acceptors (Lipinski definition) is 5. The number of nitrogens with zero attached hydrogens (tertiary/aromatic N) is 2. The van der Waals surface area contributed by atoms with Gasteiger partial charge in [-0.05, 0) is 38.1 Å². The molecule has 23 heavy (non-hydrogen) atoms. The van der Waals surface area contributed by atoms with Gasteiger partial charge >= 0.3 is 0 Å². The predicted molar refractivity (Wildman–Crippen MR) is 92.6 cm³/mol. The minimum Gasteiger partial charge on any atom is -0.364 e. The Morgan fingerprint density at radius 2 is 2.35 bits per heavy atom. The summed E-state index contributed by atoms with van der Waals surface area (Å²) in [5.41, 5.74) is 0.987. The van der Waals surface area contributed by atoms with E-state index in [2.05, 4.69) is 22.1 Å². The van der Waals surface area contributed by atoms with Crippen molar-refractivity contribution in [1.29, 1.82) is 0 Å². The highest BCUT2D eigenvalue weighted by Gasteiger charge is 2.23. The summed E-state index contributed by atoms with van der Waals surface area (Å²) in [6, 6.07) is 8.49. The Kier molecular flexibility index (Phi) is 5.59. The molecule has 0 spiro atoms. The van der Waals surface area contributed by atoms with Crippen molar-refractivity contribution >= 4 is 27.5 Å². The minimum atomic E-state index is -0.0472. The third-order valence-corrected chi connectivity index (χ3v) is 5.25. The highest BCUT2D eigenvalue weighted by Crippen LogP contribution is 2.21. The molecule has 0 saturated carbocycles. The van der Waals surface area contributed by atoms with Crippen molar-refractivity contribution in [1.82, 2.24) is 15.2 Å². The predicted octanol–water partition coefficient (Wildman–Crippen LogP) is 2.41. The van der Waals surface area contributed by atoms with Crippen molar-refractivity contribution in [2.45, 2.75) is 32.4 Å². The number of likely N-dealkylation sites (N-methyl/N-ethyl adjacent to an activating group) is 1. The Bertz CT molecular complexity index is 625. The molecule has 1 aromatic carbocycles. The first-order valence-corrected chi connectivity index (χ1v) is 9.01. The second-order valence-corrected chi connectivity index (χ2v) is 6.91. The number of aromatic nitrogens is 1. The van der Waals surface area contributed by atoms with Gasteiger partial charge in [0.2, 0.25) is 5.91 Å². The molecular weight excluding hydrogens is 310 g/mol. The number of hydrogen-bond donors (Lipinski definition) is 1. The van der Waals surface area contributed by atoms with Crippen LogP contribution in [0.1, 0.15) is 24.8 Å².